The summed E-state index contributed by atoms with van der Waals surface area (Å²) in [5.41, 5.74) is 1.18. The average Bonchev–Trinajstić information content (AvgIpc) is 3.68. The maximum Gasteiger partial charge on any atom is 0.348 e. The second kappa shape index (κ2) is 13.4. The number of nitrogens with zero attached hydrogens (tertiary/aromatic N) is 2. The molecule has 0 spiro atoms. The van der Waals surface area contributed by atoms with Gasteiger partial charge < -0.3 is 14.1 Å². The molecule has 0 aliphatic heterocycles. The number of thiophene rings is 1. The lowest BCUT2D eigenvalue weighted by Crippen LogP contribution is -2.34. The van der Waals surface area contributed by atoms with Crippen LogP contribution in [0.25, 0.3) is 10.1 Å². The van der Waals surface area contributed by atoms with E-state index in [4.69, 9.17) is 32.4 Å². The van der Waals surface area contributed by atoms with E-state index < -0.39 is 16.0 Å². The molecule has 1 amide bonds. The Balaban J connectivity index is 1.53. The highest BCUT2D eigenvalue weighted by Gasteiger charge is 2.28. The van der Waals surface area contributed by atoms with Crippen molar-refractivity contribution in [2.24, 2.45) is 0 Å². The molecule has 5 rings (SSSR count). The molecule has 0 unspecified atom stereocenters. The van der Waals surface area contributed by atoms with E-state index in [2.05, 4.69) is 0 Å². The summed E-state index contributed by atoms with van der Waals surface area (Å²) in [5, 5.41) is 1.29. The van der Waals surface area contributed by atoms with E-state index in [0.29, 0.717) is 42.9 Å². The fourth-order valence-corrected chi connectivity index (χ4v) is 7.70. The average molecular weight is 672 g/mol. The summed E-state index contributed by atoms with van der Waals surface area (Å²) in [5.74, 6) is -0.270. The fourth-order valence-electron chi connectivity index (χ4n) is 4.81. The number of carbonyl (C=O) groups is 2. The minimum absolute atomic E-state index is 0.0130. The predicted octanol–water partition coefficient (Wildman–Crippen LogP) is 8.04. The Hall–Kier alpha value is -3.83. The number of furan rings is 1. The zero-order valence-corrected chi connectivity index (χ0v) is 27.0. The van der Waals surface area contributed by atoms with Gasteiger partial charge >= 0.3 is 5.97 Å². The molecule has 2 aromatic heterocycles. The number of anilines is 1. The number of esters is 1. The Morgan fingerprint density at radius 1 is 0.932 bits per heavy atom. The number of benzene rings is 3. The van der Waals surface area contributed by atoms with Gasteiger partial charge in [-0.3, -0.25) is 9.10 Å². The summed E-state index contributed by atoms with van der Waals surface area (Å²) in [4.78, 5) is 28.0. The number of halogens is 2. The molecule has 12 heteroatoms. The topological polar surface area (TPSA) is 97.1 Å². The summed E-state index contributed by atoms with van der Waals surface area (Å²) in [7, 11) is -4.08. The van der Waals surface area contributed by atoms with E-state index in [-0.39, 0.29) is 37.0 Å². The molecule has 0 N–H and O–H groups in total. The molecule has 0 saturated carbocycles. The highest BCUT2D eigenvalue weighted by atomic mass is 35.5. The van der Waals surface area contributed by atoms with Gasteiger partial charge in [-0.25, -0.2) is 13.2 Å². The van der Waals surface area contributed by atoms with Crippen LogP contribution in [0.4, 0.5) is 5.69 Å². The zero-order chi connectivity index (χ0) is 31.4. The van der Waals surface area contributed by atoms with Crippen LogP contribution in [0.3, 0.4) is 0 Å². The minimum Gasteiger partial charge on any atom is -0.467 e. The van der Waals surface area contributed by atoms with Gasteiger partial charge in [-0.05, 0) is 91.5 Å². The molecule has 8 nitrogen and oxygen atoms in total. The lowest BCUT2D eigenvalue weighted by molar-refractivity contribution is 0.0532. The molecule has 3 aromatic carbocycles. The molecule has 228 valence electrons. The van der Waals surface area contributed by atoms with Crippen molar-refractivity contribution in [1.29, 1.82) is 0 Å². The summed E-state index contributed by atoms with van der Waals surface area (Å²) < 4.78 is 40.9. The minimum atomic E-state index is -4.08. The van der Waals surface area contributed by atoms with Gasteiger partial charge in [-0.1, -0.05) is 35.3 Å². The smallest absolute Gasteiger partial charge is 0.348 e. The van der Waals surface area contributed by atoms with Crippen molar-refractivity contribution in [1.82, 2.24) is 4.90 Å². The van der Waals surface area contributed by atoms with Gasteiger partial charge in [-0.2, -0.15) is 0 Å². The summed E-state index contributed by atoms with van der Waals surface area (Å²) in [6.07, 6.45) is 1.52. The largest absolute Gasteiger partial charge is 0.467 e. The van der Waals surface area contributed by atoms with E-state index in [9.17, 15) is 18.0 Å². The number of hydrogen-bond acceptors (Lipinski definition) is 7. The lowest BCUT2D eigenvalue weighted by Gasteiger charge is -2.28. The van der Waals surface area contributed by atoms with Gasteiger partial charge in [0.05, 0.1) is 40.6 Å². The summed E-state index contributed by atoms with van der Waals surface area (Å²) in [6.45, 7) is 3.92. The van der Waals surface area contributed by atoms with Crippen LogP contribution in [0, 0.1) is 0 Å². The summed E-state index contributed by atoms with van der Waals surface area (Å²) in [6, 6.07) is 21.5. The van der Waals surface area contributed by atoms with Gasteiger partial charge in [0, 0.05) is 22.8 Å². The molecule has 0 fully saturated rings. The first-order valence-electron chi connectivity index (χ1n) is 13.7. The number of amides is 1. The lowest BCUT2D eigenvalue weighted by atomic mass is 10.1. The number of carbonyl (C=O) groups excluding carboxylic acids is 2. The monoisotopic (exact) mass is 670 g/mol. The van der Waals surface area contributed by atoms with Crippen molar-refractivity contribution in [3.63, 3.8) is 0 Å². The molecule has 0 saturated heterocycles. The predicted molar refractivity (Wildman–Crippen MR) is 173 cm³/mol. The van der Waals surface area contributed by atoms with Crippen molar-refractivity contribution in [3.8, 4) is 0 Å². The van der Waals surface area contributed by atoms with Crippen LogP contribution >= 0.6 is 34.5 Å². The SMILES string of the molecule is CCOC(=O)c1cc2cc(S(=O)(=O)N(CC)c3ccc(Cl)cc3CN(Cc3ccco3)C(=O)c3ccccc3Cl)ccc2s1. The number of fused-ring (bicyclic) bond motifs is 1. The second-order valence-electron chi connectivity index (χ2n) is 9.69. The van der Waals surface area contributed by atoms with Crippen LogP contribution < -0.4 is 4.31 Å². The van der Waals surface area contributed by atoms with Gasteiger partial charge in [0.25, 0.3) is 15.9 Å². The van der Waals surface area contributed by atoms with Crippen LogP contribution in [0.2, 0.25) is 10.0 Å². The molecule has 5 aromatic rings. The Morgan fingerprint density at radius 2 is 1.73 bits per heavy atom. The Morgan fingerprint density at radius 3 is 2.43 bits per heavy atom. The normalized spacial score (nSPS) is 11.5. The third-order valence-electron chi connectivity index (χ3n) is 6.83. The maximum atomic E-state index is 14.1. The first kappa shape index (κ1) is 31.6. The quantitative estimate of drug-likeness (QED) is 0.132. The molecule has 2 heterocycles. The molecule has 0 atom stereocenters. The Kier molecular flexibility index (Phi) is 9.65. The number of ether oxygens (including phenoxy) is 1. The van der Waals surface area contributed by atoms with Crippen molar-refractivity contribution < 1.29 is 27.2 Å². The van der Waals surface area contributed by atoms with E-state index >= 15 is 0 Å². The molecule has 0 aliphatic carbocycles. The standard InChI is InChI=1S/C32H28Cl2N2O6S2/c1-3-36(44(39,40)25-12-14-29-21(17-25)18-30(43-29)32(38)41-4-2)28-13-11-23(33)16-22(28)19-35(20-24-8-7-15-42-24)31(37)26-9-5-6-10-27(26)34/h5-18H,3-4,19-20H2,1-2H3. The molecule has 0 bridgehead atoms. The van der Waals surface area contributed by atoms with E-state index in [1.54, 1.807) is 86.6 Å². The van der Waals surface area contributed by atoms with Crippen LogP contribution in [0.5, 0.6) is 0 Å². The first-order chi connectivity index (χ1) is 21.1. The van der Waals surface area contributed by atoms with Crippen LogP contribution in [-0.2, 0) is 27.8 Å². The Bertz CT molecular complexity index is 1920. The zero-order valence-electron chi connectivity index (χ0n) is 23.8. The second-order valence-corrected chi connectivity index (χ2v) is 13.5. The number of rotatable bonds is 11. The van der Waals surface area contributed by atoms with Crippen LogP contribution in [-0.4, -0.2) is 38.3 Å². The van der Waals surface area contributed by atoms with Gasteiger partial charge in [-0.15, -0.1) is 11.3 Å². The third-order valence-corrected chi connectivity index (χ3v) is 10.4. The highest BCUT2D eigenvalue weighted by Crippen LogP contribution is 2.34. The molecular formula is C32H28Cl2N2O6S2. The van der Waals surface area contributed by atoms with Gasteiger partial charge in [0.1, 0.15) is 10.6 Å². The molecule has 0 aliphatic rings. The first-order valence-corrected chi connectivity index (χ1v) is 16.7. The molecule has 0 radical (unpaired) electrons. The number of hydrogen-bond donors (Lipinski definition) is 0. The van der Waals surface area contributed by atoms with Gasteiger partial charge in [0.2, 0.25) is 0 Å². The van der Waals surface area contributed by atoms with Crippen molar-refractivity contribution >= 4 is 72.2 Å². The fraction of sp³-hybridized carbons (Fsp3) is 0.188. The van der Waals surface area contributed by atoms with E-state index in [1.807, 2.05) is 0 Å². The van der Waals surface area contributed by atoms with Crippen molar-refractivity contribution in [2.45, 2.75) is 31.8 Å². The third kappa shape index (κ3) is 6.63. The van der Waals surface area contributed by atoms with Crippen LogP contribution in [0.15, 0.2) is 94.4 Å². The number of sulfonamides is 1. The highest BCUT2D eigenvalue weighted by molar-refractivity contribution is 7.92. The Labute approximate surface area is 269 Å². The maximum absolute atomic E-state index is 14.1. The van der Waals surface area contributed by atoms with Crippen LogP contribution in [0.1, 0.15) is 45.2 Å². The summed E-state index contributed by atoms with van der Waals surface area (Å²) >= 11 is 14.0. The van der Waals surface area contributed by atoms with Gasteiger partial charge in [0.15, 0.2) is 0 Å². The molecule has 44 heavy (non-hydrogen) atoms. The molecular weight excluding hydrogens is 643 g/mol. The van der Waals surface area contributed by atoms with Crippen molar-refractivity contribution in [3.05, 3.63) is 117 Å². The van der Waals surface area contributed by atoms with E-state index in [0.717, 1.165) is 4.70 Å². The van der Waals surface area contributed by atoms with E-state index in [1.165, 1.54) is 32.9 Å². The van der Waals surface area contributed by atoms with Crippen molar-refractivity contribution in [2.75, 3.05) is 17.5 Å².